The smallest absolute Gasteiger partial charge is 0.230 e. The fourth-order valence-corrected chi connectivity index (χ4v) is 3.53. The number of nitrogens with one attached hydrogen (secondary N) is 2. The summed E-state index contributed by atoms with van der Waals surface area (Å²) in [5.74, 6) is 1.44. The largest absolute Gasteiger partial charge is 0.308 e. The van der Waals surface area contributed by atoms with Crippen molar-refractivity contribution in [2.75, 3.05) is 25.0 Å². The maximum atomic E-state index is 12.5. The zero-order valence-corrected chi connectivity index (χ0v) is 11.3. The number of hydrogen-bond acceptors (Lipinski definition) is 3. The molecule has 1 aromatic carbocycles. The van der Waals surface area contributed by atoms with Gasteiger partial charge in [0.05, 0.1) is 11.4 Å². The second-order valence-corrected chi connectivity index (χ2v) is 5.85. The third-order valence-corrected chi connectivity index (χ3v) is 4.70. The number of amides is 1. The average Bonchev–Trinajstić information content (AvgIpc) is 2.92. The second-order valence-electron chi connectivity index (χ2n) is 5.85. The Kier molecular flexibility index (Phi) is 2.73. The van der Waals surface area contributed by atoms with Crippen LogP contribution in [0.4, 0.5) is 5.82 Å². The van der Waals surface area contributed by atoms with Gasteiger partial charge in [0.15, 0.2) is 5.82 Å². The van der Waals surface area contributed by atoms with Gasteiger partial charge in [0.25, 0.3) is 0 Å². The molecule has 0 spiro atoms. The Balaban J connectivity index is 1.55. The number of carbonyl (C=O) groups is 1. The molecule has 3 aliphatic heterocycles. The third kappa shape index (κ3) is 1.89. The van der Waals surface area contributed by atoms with E-state index in [1.54, 1.807) is 0 Å². The summed E-state index contributed by atoms with van der Waals surface area (Å²) in [5, 5.41) is 11.2. The number of aromatic amines is 1. The summed E-state index contributed by atoms with van der Waals surface area (Å²) >= 11 is 0. The Morgan fingerprint density at radius 2 is 2.10 bits per heavy atom. The Morgan fingerprint density at radius 3 is 2.85 bits per heavy atom. The molecule has 20 heavy (non-hydrogen) atoms. The zero-order chi connectivity index (χ0) is 13.5. The first-order valence-corrected chi connectivity index (χ1v) is 7.27. The molecule has 2 bridgehead atoms. The molecule has 5 nitrogen and oxygen atoms in total. The lowest BCUT2D eigenvalue weighted by atomic mass is 9.78. The van der Waals surface area contributed by atoms with Crippen LogP contribution in [0.1, 0.15) is 12.8 Å². The number of carbonyl (C=O) groups excluding carboxylic acids is 1. The molecule has 0 radical (unpaired) electrons. The quantitative estimate of drug-likeness (QED) is 0.875. The molecule has 3 saturated heterocycles. The van der Waals surface area contributed by atoms with Crippen molar-refractivity contribution in [2.45, 2.75) is 12.8 Å². The van der Waals surface area contributed by atoms with Crippen molar-refractivity contribution in [1.82, 2.24) is 15.1 Å². The number of rotatable bonds is 2. The summed E-state index contributed by atoms with van der Waals surface area (Å²) in [5.41, 5.74) is 0.955. The highest BCUT2D eigenvalue weighted by Gasteiger charge is 2.38. The van der Waals surface area contributed by atoms with E-state index in [0.717, 1.165) is 43.4 Å². The zero-order valence-electron chi connectivity index (χ0n) is 11.3. The summed E-state index contributed by atoms with van der Waals surface area (Å²) < 4.78 is 0. The number of piperidine rings is 3. The molecule has 2 N–H and O–H groups in total. The molecule has 5 rings (SSSR count). The molecule has 1 amide bonds. The van der Waals surface area contributed by atoms with Crippen LogP contribution in [0.5, 0.6) is 0 Å². The van der Waals surface area contributed by atoms with Gasteiger partial charge in [-0.1, -0.05) is 12.1 Å². The number of nitrogens with zero attached hydrogens (tertiary/aromatic N) is 2. The van der Waals surface area contributed by atoms with Gasteiger partial charge in [-0.15, -0.1) is 0 Å². The van der Waals surface area contributed by atoms with Gasteiger partial charge in [0.1, 0.15) is 0 Å². The molecular formula is C15H18N4O. The molecule has 1 aromatic heterocycles. The Morgan fingerprint density at radius 1 is 1.30 bits per heavy atom. The van der Waals surface area contributed by atoms with Crippen molar-refractivity contribution in [3.8, 4) is 0 Å². The van der Waals surface area contributed by atoms with Crippen LogP contribution in [0.15, 0.2) is 24.3 Å². The first-order valence-electron chi connectivity index (χ1n) is 7.27. The van der Waals surface area contributed by atoms with Gasteiger partial charge in [0.2, 0.25) is 5.91 Å². The number of benzene rings is 1. The standard InChI is InChI=1S/C15H18N4O/c20-15(12-9-19-7-5-10(12)6-8-19)16-14-11-3-1-2-4-13(11)17-18-14/h1-4,10,12H,5-9H2,(H2,16,17,18,20)/t12-/m1/s1. The van der Waals surface area contributed by atoms with E-state index in [1.807, 2.05) is 24.3 Å². The number of fused-ring (bicyclic) bond motifs is 4. The van der Waals surface area contributed by atoms with Gasteiger partial charge >= 0.3 is 0 Å². The summed E-state index contributed by atoms with van der Waals surface area (Å²) in [6.07, 6.45) is 2.30. The van der Waals surface area contributed by atoms with Crippen molar-refractivity contribution in [2.24, 2.45) is 11.8 Å². The Bertz CT molecular complexity index is 642. The Hall–Kier alpha value is -1.88. The van der Waals surface area contributed by atoms with Crippen molar-refractivity contribution < 1.29 is 4.79 Å². The molecule has 1 atom stereocenters. The minimum Gasteiger partial charge on any atom is -0.308 e. The van der Waals surface area contributed by atoms with Crippen molar-refractivity contribution in [3.63, 3.8) is 0 Å². The SMILES string of the molecule is O=C(Nc1n[nH]c2ccccc12)[C@@H]1CN2CCC1CC2. The van der Waals surface area contributed by atoms with Gasteiger partial charge in [-0.25, -0.2) is 0 Å². The van der Waals surface area contributed by atoms with Crippen LogP contribution in [0.25, 0.3) is 10.9 Å². The number of aromatic nitrogens is 2. The predicted molar refractivity (Wildman–Crippen MR) is 77.4 cm³/mol. The number of hydrogen-bond donors (Lipinski definition) is 2. The van der Waals surface area contributed by atoms with Crippen LogP contribution < -0.4 is 5.32 Å². The highest BCUT2D eigenvalue weighted by atomic mass is 16.2. The van der Waals surface area contributed by atoms with E-state index >= 15 is 0 Å². The Labute approximate surface area is 117 Å². The lowest BCUT2D eigenvalue weighted by molar-refractivity contribution is -0.125. The third-order valence-electron chi connectivity index (χ3n) is 4.70. The molecule has 104 valence electrons. The second kappa shape index (κ2) is 4.59. The van der Waals surface area contributed by atoms with E-state index in [4.69, 9.17) is 0 Å². The first kappa shape index (κ1) is 11.9. The van der Waals surface area contributed by atoms with Crippen molar-refractivity contribution >= 4 is 22.6 Å². The number of H-pyrrole nitrogens is 1. The first-order chi connectivity index (χ1) is 9.81. The fraction of sp³-hybridized carbons (Fsp3) is 0.467. The normalized spacial score (nSPS) is 28.7. The minimum absolute atomic E-state index is 0.118. The van der Waals surface area contributed by atoms with Crippen LogP contribution in [-0.4, -0.2) is 40.6 Å². The number of anilines is 1. The summed E-state index contributed by atoms with van der Waals surface area (Å²) in [6.45, 7) is 3.21. The van der Waals surface area contributed by atoms with Gasteiger partial charge in [-0.3, -0.25) is 9.89 Å². The van der Waals surface area contributed by atoms with Crippen LogP contribution >= 0.6 is 0 Å². The van der Waals surface area contributed by atoms with Gasteiger partial charge in [-0.05, 0) is 44.0 Å². The lowest BCUT2D eigenvalue weighted by Crippen LogP contribution is -2.51. The van der Waals surface area contributed by atoms with E-state index in [2.05, 4.69) is 20.4 Å². The molecule has 0 aliphatic carbocycles. The van der Waals surface area contributed by atoms with Gasteiger partial charge in [0, 0.05) is 11.9 Å². The van der Waals surface area contributed by atoms with E-state index in [1.165, 1.54) is 0 Å². The van der Waals surface area contributed by atoms with E-state index in [9.17, 15) is 4.79 Å². The predicted octanol–water partition coefficient (Wildman–Crippen LogP) is 1.84. The monoisotopic (exact) mass is 270 g/mol. The fourth-order valence-electron chi connectivity index (χ4n) is 3.53. The molecule has 0 unspecified atom stereocenters. The topological polar surface area (TPSA) is 61.0 Å². The maximum absolute atomic E-state index is 12.5. The molecule has 5 heteroatoms. The maximum Gasteiger partial charge on any atom is 0.230 e. The van der Waals surface area contributed by atoms with Crippen LogP contribution in [0.2, 0.25) is 0 Å². The molecule has 3 fully saturated rings. The minimum atomic E-state index is 0.118. The van der Waals surface area contributed by atoms with Crippen LogP contribution in [0, 0.1) is 11.8 Å². The van der Waals surface area contributed by atoms with Gasteiger partial charge in [-0.2, -0.15) is 5.10 Å². The van der Waals surface area contributed by atoms with Crippen molar-refractivity contribution in [1.29, 1.82) is 0 Å². The van der Waals surface area contributed by atoms with E-state index in [-0.39, 0.29) is 11.8 Å². The summed E-state index contributed by atoms with van der Waals surface area (Å²) in [6, 6.07) is 7.86. The van der Waals surface area contributed by atoms with Gasteiger partial charge < -0.3 is 10.2 Å². The number of para-hydroxylation sites is 1. The van der Waals surface area contributed by atoms with Crippen LogP contribution in [-0.2, 0) is 4.79 Å². The lowest BCUT2D eigenvalue weighted by Gasteiger charge is -2.43. The highest BCUT2D eigenvalue weighted by molar-refractivity contribution is 6.00. The molecule has 3 aliphatic rings. The summed E-state index contributed by atoms with van der Waals surface area (Å²) in [7, 11) is 0. The summed E-state index contributed by atoms with van der Waals surface area (Å²) in [4.78, 5) is 14.9. The highest BCUT2D eigenvalue weighted by Crippen LogP contribution is 2.33. The van der Waals surface area contributed by atoms with Crippen LogP contribution in [0.3, 0.4) is 0 Å². The molecular weight excluding hydrogens is 252 g/mol. The molecule has 2 aromatic rings. The molecule has 0 saturated carbocycles. The average molecular weight is 270 g/mol. The van der Waals surface area contributed by atoms with E-state index < -0.39 is 0 Å². The molecule has 4 heterocycles. The van der Waals surface area contributed by atoms with E-state index in [0.29, 0.717) is 11.7 Å². The van der Waals surface area contributed by atoms with Crippen molar-refractivity contribution in [3.05, 3.63) is 24.3 Å².